The first-order valence-electron chi connectivity index (χ1n) is 8.52. The Morgan fingerprint density at radius 3 is 2.79 bits per heavy atom. The van der Waals surface area contributed by atoms with Gasteiger partial charge in [0, 0.05) is 17.3 Å². The minimum absolute atomic E-state index is 0.247. The molecule has 1 aliphatic heterocycles. The highest BCUT2D eigenvalue weighted by molar-refractivity contribution is 6.36. The predicted octanol–water partition coefficient (Wildman–Crippen LogP) is 3.82. The minimum atomic E-state index is -0.437. The highest BCUT2D eigenvalue weighted by atomic mass is 35.5. The first-order valence-corrected chi connectivity index (χ1v) is 9.27. The van der Waals surface area contributed by atoms with Crippen LogP contribution in [0.15, 0.2) is 48.8 Å². The Labute approximate surface area is 171 Å². The molecular formula is C19H16Cl2N6O. The maximum atomic E-state index is 12.4. The molecule has 0 fully saturated rings. The molecule has 0 atom stereocenters. The smallest absolute Gasteiger partial charge is 0.271 e. The Morgan fingerprint density at radius 2 is 1.96 bits per heavy atom. The van der Waals surface area contributed by atoms with Gasteiger partial charge in [-0.25, -0.2) is 9.97 Å². The van der Waals surface area contributed by atoms with E-state index >= 15 is 0 Å². The summed E-state index contributed by atoms with van der Waals surface area (Å²) in [6.07, 6.45) is 2.31. The number of aromatic nitrogens is 2. The molecule has 4 N–H and O–H groups in total. The molecule has 0 spiro atoms. The molecule has 0 saturated heterocycles. The van der Waals surface area contributed by atoms with Crippen LogP contribution in [-0.4, -0.2) is 22.4 Å². The fraction of sp³-hybridized carbons (Fsp3) is 0.105. The third kappa shape index (κ3) is 3.42. The molecule has 4 rings (SSSR count). The molecular weight excluding hydrogens is 399 g/mol. The van der Waals surface area contributed by atoms with Crippen LogP contribution in [0, 0.1) is 0 Å². The van der Waals surface area contributed by atoms with Gasteiger partial charge in [-0.3, -0.25) is 15.6 Å². The average molecular weight is 415 g/mol. The standard InChI is InChI=1S/C19H16Cl2N6O/c20-12-5-6-13(14(21)9-12)19(28)26-25-17-16(22)18(24-10-23-17)27-8-7-11-3-1-2-4-15(11)27/h1-6,9-10H,7-8,22H2,(H,26,28)(H,23,24,25). The quantitative estimate of drug-likeness (QED) is 0.561. The van der Waals surface area contributed by atoms with Gasteiger partial charge < -0.3 is 10.6 Å². The SMILES string of the molecule is Nc1c(NNC(=O)c2ccc(Cl)cc2Cl)ncnc1N1CCc2ccccc21. The first-order chi connectivity index (χ1) is 13.5. The van der Waals surface area contributed by atoms with Crippen molar-refractivity contribution in [1.82, 2.24) is 15.4 Å². The van der Waals surface area contributed by atoms with Gasteiger partial charge in [-0.2, -0.15) is 0 Å². The van der Waals surface area contributed by atoms with Crippen molar-refractivity contribution in [2.24, 2.45) is 0 Å². The zero-order valence-electron chi connectivity index (χ0n) is 14.6. The molecule has 2 heterocycles. The highest BCUT2D eigenvalue weighted by Crippen LogP contribution is 2.37. The van der Waals surface area contributed by atoms with Gasteiger partial charge in [-0.05, 0) is 36.2 Å². The number of anilines is 4. The summed E-state index contributed by atoms with van der Waals surface area (Å²) >= 11 is 11.9. The Morgan fingerprint density at radius 1 is 1.14 bits per heavy atom. The van der Waals surface area contributed by atoms with Gasteiger partial charge in [0.15, 0.2) is 11.6 Å². The van der Waals surface area contributed by atoms with Crippen molar-refractivity contribution in [2.45, 2.75) is 6.42 Å². The Bertz CT molecular complexity index is 1060. The summed E-state index contributed by atoms with van der Waals surface area (Å²) in [7, 11) is 0. The second kappa shape index (κ2) is 7.53. The van der Waals surface area contributed by atoms with Crippen LogP contribution in [0.3, 0.4) is 0 Å². The van der Waals surface area contributed by atoms with Crippen molar-refractivity contribution >= 4 is 52.1 Å². The van der Waals surface area contributed by atoms with Crippen LogP contribution < -0.4 is 21.5 Å². The van der Waals surface area contributed by atoms with Crippen LogP contribution in [0.4, 0.5) is 23.0 Å². The number of halogens is 2. The average Bonchev–Trinajstić information content (AvgIpc) is 3.11. The lowest BCUT2D eigenvalue weighted by atomic mass is 10.2. The number of nitrogens with two attached hydrogens (primary N) is 1. The molecule has 3 aromatic rings. The van der Waals surface area contributed by atoms with Crippen LogP contribution in [0.1, 0.15) is 15.9 Å². The topological polar surface area (TPSA) is 96.2 Å². The second-order valence-electron chi connectivity index (χ2n) is 6.19. The summed E-state index contributed by atoms with van der Waals surface area (Å²) in [6, 6.07) is 12.7. The van der Waals surface area contributed by atoms with Crippen LogP contribution in [0.25, 0.3) is 0 Å². The van der Waals surface area contributed by atoms with Crippen molar-refractivity contribution in [1.29, 1.82) is 0 Å². The molecule has 2 aromatic carbocycles. The van der Waals surface area contributed by atoms with Crippen LogP contribution in [-0.2, 0) is 6.42 Å². The predicted molar refractivity (Wildman–Crippen MR) is 111 cm³/mol. The van der Waals surface area contributed by atoms with Gasteiger partial charge in [0.2, 0.25) is 0 Å². The van der Waals surface area contributed by atoms with Crippen LogP contribution in [0.5, 0.6) is 0 Å². The summed E-state index contributed by atoms with van der Waals surface area (Å²) in [5, 5.41) is 0.696. The number of nitrogens with one attached hydrogen (secondary N) is 2. The second-order valence-corrected chi connectivity index (χ2v) is 7.04. The molecule has 142 valence electrons. The van der Waals surface area contributed by atoms with Gasteiger partial charge in [0.05, 0.1) is 10.6 Å². The van der Waals surface area contributed by atoms with Crippen LogP contribution in [0.2, 0.25) is 10.0 Å². The number of rotatable bonds is 4. The molecule has 1 amide bonds. The monoisotopic (exact) mass is 414 g/mol. The van der Waals surface area contributed by atoms with Crippen molar-refractivity contribution in [3.05, 3.63) is 70.0 Å². The number of nitrogen functional groups attached to an aromatic ring is 1. The number of carbonyl (C=O) groups excluding carboxylic acids is 1. The Hall–Kier alpha value is -3.03. The summed E-state index contributed by atoms with van der Waals surface area (Å²) in [4.78, 5) is 22.9. The molecule has 9 heteroatoms. The molecule has 0 unspecified atom stereocenters. The maximum Gasteiger partial charge on any atom is 0.271 e. The number of amides is 1. The van der Waals surface area contributed by atoms with E-state index in [9.17, 15) is 4.79 Å². The van der Waals surface area contributed by atoms with Gasteiger partial charge in [-0.15, -0.1) is 0 Å². The number of carbonyl (C=O) groups is 1. The molecule has 1 aromatic heterocycles. The highest BCUT2D eigenvalue weighted by Gasteiger charge is 2.24. The van der Waals surface area contributed by atoms with Crippen molar-refractivity contribution in [2.75, 3.05) is 22.6 Å². The number of nitrogens with zero attached hydrogens (tertiary/aromatic N) is 3. The van der Waals surface area contributed by atoms with E-state index in [0.29, 0.717) is 22.3 Å². The van der Waals surface area contributed by atoms with Crippen molar-refractivity contribution in [3.8, 4) is 0 Å². The third-order valence-corrected chi connectivity index (χ3v) is 5.02. The third-order valence-electron chi connectivity index (χ3n) is 4.48. The van der Waals surface area contributed by atoms with E-state index in [4.69, 9.17) is 28.9 Å². The molecule has 0 saturated carbocycles. The van der Waals surface area contributed by atoms with Crippen LogP contribution >= 0.6 is 23.2 Å². The van der Waals surface area contributed by atoms with E-state index in [1.807, 2.05) is 23.1 Å². The lowest BCUT2D eigenvalue weighted by Gasteiger charge is -2.21. The maximum absolute atomic E-state index is 12.4. The lowest BCUT2D eigenvalue weighted by molar-refractivity contribution is 0.0962. The first kappa shape index (κ1) is 18.3. The fourth-order valence-corrected chi connectivity index (χ4v) is 3.61. The summed E-state index contributed by atoms with van der Waals surface area (Å²) in [6.45, 7) is 0.771. The van der Waals surface area contributed by atoms with Gasteiger partial charge in [0.25, 0.3) is 5.91 Å². The molecule has 0 aliphatic carbocycles. The Kier molecular flexibility index (Phi) is 4.93. The Balaban J connectivity index is 1.54. The number of hydrogen-bond donors (Lipinski definition) is 3. The molecule has 0 radical (unpaired) electrons. The van der Waals surface area contributed by atoms with E-state index in [1.54, 1.807) is 6.07 Å². The number of hydrazine groups is 1. The molecule has 0 bridgehead atoms. The molecule has 28 heavy (non-hydrogen) atoms. The van der Waals surface area contributed by atoms with E-state index < -0.39 is 5.91 Å². The number of hydrogen-bond acceptors (Lipinski definition) is 6. The van der Waals surface area contributed by atoms with E-state index in [2.05, 4.69) is 26.9 Å². The summed E-state index contributed by atoms with van der Waals surface area (Å²) < 4.78 is 0. The zero-order chi connectivity index (χ0) is 19.7. The van der Waals surface area contributed by atoms with Gasteiger partial charge in [-0.1, -0.05) is 41.4 Å². The number of benzene rings is 2. The normalized spacial score (nSPS) is 12.6. The van der Waals surface area contributed by atoms with Crippen molar-refractivity contribution in [3.63, 3.8) is 0 Å². The summed E-state index contributed by atoms with van der Waals surface area (Å²) in [5.41, 5.74) is 14.5. The van der Waals surface area contributed by atoms with Gasteiger partial charge in [0.1, 0.15) is 12.0 Å². The largest absolute Gasteiger partial charge is 0.393 e. The lowest BCUT2D eigenvalue weighted by Crippen LogP contribution is -2.31. The molecule has 1 aliphatic rings. The van der Waals surface area contributed by atoms with Gasteiger partial charge >= 0.3 is 0 Å². The van der Waals surface area contributed by atoms with E-state index in [-0.39, 0.29) is 10.6 Å². The zero-order valence-corrected chi connectivity index (χ0v) is 16.1. The van der Waals surface area contributed by atoms with Crippen molar-refractivity contribution < 1.29 is 4.79 Å². The fourth-order valence-electron chi connectivity index (χ4n) is 3.12. The summed E-state index contributed by atoms with van der Waals surface area (Å²) in [5.74, 6) is 0.446. The number of fused-ring (bicyclic) bond motifs is 1. The minimum Gasteiger partial charge on any atom is -0.393 e. The van der Waals surface area contributed by atoms with E-state index in [1.165, 1.54) is 24.0 Å². The molecule has 7 nitrogen and oxygen atoms in total. The number of para-hydroxylation sites is 1. The van der Waals surface area contributed by atoms with E-state index in [0.717, 1.165) is 18.7 Å².